The summed E-state index contributed by atoms with van der Waals surface area (Å²) >= 11 is 0. The molecule has 0 saturated heterocycles. The number of aliphatic hydroxyl groups excluding tert-OH is 1. The van der Waals surface area contributed by atoms with Crippen LogP contribution in [0.25, 0.3) is 0 Å². The SMILES string of the molecule is CC(C)NC(=O)CC[C@@H](C)[C@H]1CCC2C3C(CC[C@@]21C)[C@@]1(C)CC[C@H](NCCCN(CCCN)CCCN)CC1C[C@H]3O. The highest BCUT2D eigenvalue weighted by molar-refractivity contribution is 5.76. The molecule has 7 nitrogen and oxygen atoms in total. The van der Waals surface area contributed by atoms with E-state index < -0.39 is 0 Å². The molecule has 250 valence electrons. The Hall–Kier alpha value is -0.730. The predicted molar refractivity (Wildman–Crippen MR) is 178 cm³/mol. The largest absolute Gasteiger partial charge is 0.393 e. The van der Waals surface area contributed by atoms with E-state index in [9.17, 15) is 9.90 Å². The lowest BCUT2D eigenvalue weighted by molar-refractivity contribution is -0.167. The lowest BCUT2D eigenvalue weighted by Crippen LogP contribution is -2.59. The minimum absolute atomic E-state index is 0.157. The Kier molecular flexibility index (Phi) is 12.8. The summed E-state index contributed by atoms with van der Waals surface area (Å²) in [6, 6.07) is 0.797. The number of nitrogens with zero attached hydrogens (tertiary/aromatic N) is 1. The second kappa shape index (κ2) is 15.7. The number of amides is 1. The number of nitrogens with two attached hydrogens (primary N) is 2. The first-order valence-corrected chi connectivity index (χ1v) is 18.4. The van der Waals surface area contributed by atoms with Gasteiger partial charge in [-0.15, -0.1) is 0 Å². The second-order valence-corrected chi connectivity index (χ2v) is 16.2. The molecule has 0 spiro atoms. The van der Waals surface area contributed by atoms with Crippen molar-refractivity contribution in [1.29, 1.82) is 0 Å². The van der Waals surface area contributed by atoms with Crippen molar-refractivity contribution < 1.29 is 9.90 Å². The van der Waals surface area contributed by atoms with Crippen LogP contribution in [0.1, 0.15) is 118 Å². The van der Waals surface area contributed by atoms with Gasteiger partial charge in [-0.3, -0.25) is 4.79 Å². The molecule has 10 atom stereocenters. The molecule has 43 heavy (non-hydrogen) atoms. The van der Waals surface area contributed by atoms with Gasteiger partial charge in [0.05, 0.1) is 6.10 Å². The van der Waals surface area contributed by atoms with Gasteiger partial charge in [0.25, 0.3) is 0 Å². The fourth-order valence-corrected chi connectivity index (χ4v) is 10.9. The highest BCUT2D eigenvalue weighted by atomic mass is 16.3. The van der Waals surface area contributed by atoms with E-state index in [-0.39, 0.29) is 18.1 Å². The summed E-state index contributed by atoms with van der Waals surface area (Å²) in [4.78, 5) is 14.9. The van der Waals surface area contributed by atoms with Crippen LogP contribution in [-0.4, -0.2) is 73.4 Å². The first kappa shape index (κ1) is 35.1. The summed E-state index contributed by atoms with van der Waals surface area (Å²) in [5.74, 6) is 3.80. The molecule has 1 amide bonds. The lowest BCUT2D eigenvalue weighted by Gasteiger charge is -2.62. The number of nitrogens with one attached hydrogen (secondary N) is 2. The van der Waals surface area contributed by atoms with Crippen molar-refractivity contribution in [3.63, 3.8) is 0 Å². The Balaban J connectivity index is 1.30. The normalized spacial score (nSPS) is 38.0. The van der Waals surface area contributed by atoms with Crippen LogP contribution in [0.2, 0.25) is 0 Å². The van der Waals surface area contributed by atoms with Crippen LogP contribution in [0.15, 0.2) is 0 Å². The molecule has 0 heterocycles. The van der Waals surface area contributed by atoms with Crippen molar-refractivity contribution in [1.82, 2.24) is 15.5 Å². The molecule has 7 N–H and O–H groups in total. The Bertz CT molecular complexity index is 863. The topological polar surface area (TPSA) is 117 Å². The fraction of sp³-hybridized carbons (Fsp3) is 0.972. The van der Waals surface area contributed by atoms with E-state index in [2.05, 4.69) is 36.3 Å². The third kappa shape index (κ3) is 8.17. The molecule has 0 radical (unpaired) electrons. The van der Waals surface area contributed by atoms with Gasteiger partial charge in [-0.1, -0.05) is 20.8 Å². The van der Waals surface area contributed by atoms with Gasteiger partial charge < -0.3 is 32.1 Å². The van der Waals surface area contributed by atoms with E-state index in [1.54, 1.807) is 0 Å². The zero-order valence-electron chi connectivity index (χ0n) is 28.6. The standard InChI is InChI=1S/C36H69N5O2/c1-25(2)40-33(43)12-9-26(3)29-10-11-30-34-31(14-16-36(29,30)5)35(4)15-13-28(23-27(35)24-32(34)42)39-19-8-22-41(20-6-17-37)21-7-18-38/h25-32,34,39,42H,6-24,37-38H2,1-5H3,(H,40,43)/t26-,27?,28+,29-,30?,31?,32-,34?,35+,36-/m1/s1. The molecular formula is C36H69N5O2. The third-order valence-electron chi connectivity index (χ3n) is 13.2. The van der Waals surface area contributed by atoms with Crippen molar-refractivity contribution in [3.8, 4) is 0 Å². The van der Waals surface area contributed by atoms with E-state index in [0.29, 0.717) is 58.8 Å². The molecule has 0 aromatic rings. The van der Waals surface area contributed by atoms with Crippen molar-refractivity contribution in [2.24, 2.45) is 57.8 Å². The minimum Gasteiger partial charge on any atom is -0.393 e. The lowest BCUT2D eigenvalue weighted by atomic mass is 9.43. The Labute approximate surface area is 264 Å². The molecule has 4 saturated carbocycles. The Morgan fingerprint density at radius 1 is 0.907 bits per heavy atom. The average molecular weight is 604 g/mol. The summed E-state index contributed by atoms with van der Waals surface area (Å²) < 4.78 is 0. The van der Waals surface area contributed by atoms with E-state index in [1.165, 1.54) is 51.4 Å². The van der Waals surface area contributed by atoms with E-state index in [0.717, 1.165) is 65.0 Å². The van der Waals surface area contributed by atoms with E-state index in [4.69, 9.17) is 11.5 Å². The monoisotopic (exact) mass is 604 g/mol. The van der Waals surface area contributed by atoms with Gasteiger partial charge in [-0.2, -0.15) is 0 Å². The van der Waals surface area contributed by atoms with Crippen LogP contribution >= 0.6 is 0 Å². The summed E-state index contributed by atoms with van der Waals surface area (Å²) in [5.41, 5.74) is 12.2. The summed E-state index contributed by atoms with van der Waals surface area (Å²) in [6.07, 6.45) is 14.6. The molecule has 4 aliphatic rings. The highest BCUT2D eigenvalue weighted by Gasteiger charge is 2.62. The highest BCUT2D eigenvalue weighted by Crippen LogP contribution is 2.68. The maximum absolute atomic E-state index is 12.4. The first-order valence-electron chi connectivity index (χ1n) is 18.4. The number of hydrogen-bond acceptors (Lipinski definition) is 6. The van der Waals surface area contributed by atoms with Crippen LogP contribution in [0, 0.1) is 46.3 Å². The molecule has 4 fully saturated rings. The van der Waals surface area contributed by atoms with Crippen molar-refractivity contribution >= 4 is 5.91 Å². The number of rotatable bonds is 16. The third-order valence-corrected chi connectivity index (χ3v) is 13.2. The summed E-state index contributed by atoms with van der Waals surface area (Å²) in [5, 5.41) is 18.8. The van der Waals surface area contributed by atoms with Gasteiger partial charge >= 0.3 is 0 Å². The number of carbonyl (C=O) groups is 1. The molecule has 4 aliphatic carbocycles. The van der Waals surface area contributed by atoms with Crippen LogP contribution in [-0.2, 0) is 4.79 Å². The van der Waals surface area contributed by atoms with Crippen molar-refractivity contribution in [2.75, 3.05) is 39.3 Å². The number of aliphatic hydroxyl groups is 1. The van der Waals surface area contributed by atoms with E-state index >= 15 is 0 Å². The average Bonchev–Trinajstić information content (AvgIpc) is 3.32. The fourth-order valence-electron chi connectivity index (χ4n) is 10.9. The minimum atomic E-state index is -0.157. The first-order chi connectivity index (χ1) is 20.5. The van der Waals surface area contributed by atoms with Gasteiger partial charge in [-0.25, -0.2) is 0 Å². The van der Waals surface area contributed by atoms with Gasteiger partial charge in [0.2, 0.25) is 5.91 Å². The van der Waals surface area contributed by atoms with Gasteiger partial charge in [0.15, 0.2) is 0 Å². The number of hydrogen-bond donors (Lipinski definition) is 5. The Morgan fingerprint density at radius 3 is 2.23 bits per heavy atom. The van der Waals surface area contributed by atoms with Crippen LogP contribution in [0.3, 0.4) is 0 Å². The van der Waals surface area contributed by atoms with Gasteiger partial charge in [-0.05, 0) is 177 Å². The smallest absolute Gasteiger partial charge is 0.220 e. The molecule has 0 bridgehead atoms. The van der Waals surface area contributed by atoms with Crippen molar-refractivity contribution in [2.45, 2.75) is 136 Å². The van der Waals surface area contributed by atoms with E-state index in [1.807, 2.05) is 13.8 Å². The number of fused-ring (bicyclic) bond motifs is 5. The molecule has 7 heteroatoms. The molecule has 4 rings (SSSR count). The zero-order valence-corrected chi connectivity index (χ0v) is 28.6. The molecule has 0 aliphatic heterocycles. The maximum Gasteiger partial charge on any atom is 0.220 e. The Morgan fingerprint density at radius 2 is 1.56 bits per heavy atom. The van der Waals surface area contributed by atoms with Crippen LogP contribution in [0.4, 0.5) is 0 Å². The predicted octanol–water partition coefficient (Wildman–Crippen LogP) is 4.90. The summed E-state index contributed by atoms with van der Waals surface area (Å²) in [6.45, 7) is 17.5. The number of carbonyl (C=O) groups excluding carboxylic acids is 1. The van der Waals surface area contributed by atoms with Crippen LogP contribution < -0.4 is 22.1 Å². The van der Waals surface area contributed by atoms with Crippen molar-refractivity contribution in [3.05, 3.63) is 0 Å². The second-order valence-electron chi connectivity index (χ2n) is 16.2. The maximum atomic E-state index is 12.4. The quantitative estimate of drug-likeness (QED) is 0.160. The van der Waals surface area contributed by atoms with Gasteiger partial charge in [0.1, 0.15) is 0 Å². The van der Waals surface area contributed by atoms with Crippen LogP contribution in [0.5, 0.6) is 0 Å². The molecule has 0 aromatic heterocycles. The molecule has 4 unspecified atom stereocenters. The molecule has 0 aromatic carbocycles. The van der Waals surface area contributed by atoms with Gasteiger partial charge in [0, 0.05) is 18.5 Å². The summed E-state index contributed by atoms with van der Waals surface area (Å²) in [7, 11) is 0. The zero-order chi connectivity index (χ0) is 31.2. The molecular weight excluding hydrogens is 534 g/mol.